The van der Waals surface area contributed by atoms with Gasteiger partial charge in [-0.3, -0.25) is 20.9 Å². The van der Waals surface area contributed by atoms with Gasteiger partial charge in [-0.1, -0.05) is 0 Å². The van der Waals surface area contributed by atoms with E-state index < -0.39 is 30.3 Å². The number of urea groups is 1. The molecule has 3 saturated heterocycles. The Labute approximate surface area is 205 Å². The minimum absolute atomic E-state index is 0.0601. The summed E-state index contributed by atoms with van der Waals surface area (Å²) in [5, 5.41) is 30.9. The number of nitrogens with one attached hydrogen (secondary N) is 3. The van der Waals surface area contributed by atoms with Crippen LogP contribution in [0.2, 0.25) is 0 Å². The van der Waals surface area contributed by atoms with Crippen molar-refractivity contribution in [1.82, 2.24) is 30.7 Å². The van der Waals surface area contributed by atoms with Crippen molar-refractivity contribution in [2.24, 2.45) is 17.8 Å². The Balaban J connectivity index is 1.24. The second-order valence-electron chi connectivity index (χ2n) is 11.5. The maximum Gasteiger partial charge on any atom is 0.321 e. The number of alkyl halides is 2. The molecule has 0 bridgehead atoms. The second kappa shape index (κ2) is 9.06. The van der Waals surface area contributed by atoms with Crippen LogP contribution < -0.4 is 16.0 Å². The van der Waals surface area contributed by atoms with Crippen molar-refractivity contribution in [3.63, 3.8) is 0 Å². The zero-order valence-corrected chi connectivity index (χ0v) is 20.2. The lowest BCUT2D eigenvalue weighted by atomic mass is 9.65. The molecular weight excluding hydrogens is 456 g/mol. The van der Waals surface area contributed by atoms with Crippen molar-refractivity contribution >= 4 is 6.03 Å². The summed E-state index contributed by atoms with van der Waals surface area (Å²) in [7, 11) is 1.79. The summed E-state index contributed by atoms with van der Waals surface area (Å²) in [5.74, 6) is -0.953. The molecule has 0 aromatic carbocycles. The van der Waals surface area contributed by atoms with Crippen LogP contribution in [0.3, 0.4) is 0 Å². The fourth-order valence-electron chi connectivity index (χ4n) is 8.04. The zero-order chi connectivity index (χ0) is 24.4. The molecule has 3 heterocycles. The molecule has 11 heteroatoms. The number of nitrogens with zero attached hydrogens (tertiary/aromatic N) is 4. The summed E-state index contributed by atoms with van der Waals surface area (Å²) < 4.78 is 29.4. The summed E-state index contributed by atoms with van der Waals surface area (Å²) in [5.41, 5.74) is 0. The van der Waals surface area contributed by atoms with Gasteiger partial charge in [-0.25, -0.2) is 13.6 Å². The minimum atomic E-state index is -1.38. The van der Waals surface area contributed by atoms with Crippen molar-refractivity contribution in [2.45, 2.75) is 100 Å². The molecule has 0 spiro atoms. The lowest BCUT2D eigenvalue weighted by Crippen LogP contribution is -2.71. The molecule has 2 amide bonds. The number of halogens is 2. The number of carbonyl (C=O) groups is 1. The van der Waals surface area contributed by atoms with Crippen molar-refractivity contribution in [1.29, 1.82) is 5.26 Å². The molecule has 35 heavy (non-hydrogen) atoms. The predicted octanol–water partition coefficient (Wildman–Crippen LogP) is 0.674. The van der Waals surface area contributed by atoms with Gasteiger partial charge in [-0.05, 0) is 44.4 Å². The van der Waals surface area contributed by atoms with Crippen LogP contribution in [0.15, 0.2) is 0 Å². The summed E-state index contributed by atoms with van der Waals surface area (Å²) in [4.78, 5) is 19.4. The molecule has 3 aliphatic carbocycles. The van der Waals surface area contributed by atoms with Crippen LogP contribution in [-0.4, -0.2) is 101 Å². The topological polar surface area (TPSA) is 107 Å². The Morgan fingerprint density at radius 1 is 1.06 bits per heavy atom. The molecule has 12 atom stereocenters. The molecule has 3 aliphatic heterocycles. The van der Waals surface area contributed by atoms with Crippen LogP contribution in [0.25, 0.3) is 0 Å². The quantitative estimate of drug-likeness (QED) is 0.448. The van der Waals surface area contributed by atoms with E-state index in [1.54, 1.807) is 11.9 Å². The second-order valence-corrected chi connectivity index (χ2v) is 11.5. The Morgan fingerprint density at radius 3 is 2.69 bits per heavy atom. The number of aliphatic hydroxyl groups excluding tert-OH is 1. The largest absolute Gasteiger partial charge is 0.393 e. The van der Waals surface area contributed by atoms with Crippen LogP contribution in [-0.2, 0) is 0 Å². The van der Waals surface area contributed by atoms with E-state index in [0.717, 1.165) is 19.3 Å². The first-order valence-electron chi connectivity index (χ1n) is 13.3. The summed E-state index contributed by atoms with van der Waals surface area (Å²) in [6.07, 6.45) is -0.149. The van der Waals surface area contributed by atoms with E-state index in [1.165, 1.54) is 0 Å². The van der Waals surface area contributed by atoms with E-state index in [4.69, 9.17) is 0 Å². The van der Waals surface area contributed by atoms with Crippen LogP contribution in [0, 0.1) is 29.1 Å². The van der Waals surface area contributed by atoms with Gasteiger partial charge in [-0.15, -0.1) is 0 Å². The van der Waals surface area contributed by atoms with E-state index in [2.05, 4.69) is 26.9 Å². The highest BCUT2D eigenvalue weighted by molar-refractivity contribution is 5.78. The number of amides is 2. The van der Waals surface area contributed by atoms with Crippen LogP contribution in [0.4, 0.5) is 13.6 Å². The van der Waals surface area contributed by atoms with Crippen molar-refractivity contribution in [3.05, 3.63) is 0 Å². The monoisotopic (exact) mass is 493 g/mol. The SMILES string of the molecule is CN1C(=O)N([C@H]2CC[C@H](O)C3C(F)CC(F)CC32)C2NC(N3CNC4CCC(C#N)CC43)NCC21. The number of hydrogen-bond acceptors (Lipinski definition) is 7. The molecule has 0 aromatic heterocycles. The van der Waals surface area contributed by atoms with Gasteiger partial charge in [-0.2, -0.15) is 5.26 Å². The van der Waals surface area contributed by atoms with Gasteiger partial charge in [0, 0.05) is 50.0 Å². The first kappa shape index (κ1) is 23.8. The van der Waals surface area contributed by atoms with E-state index in [-0.39, 0.29) is 55.4 Å². The Hall–Kier alpha value is -1.58. The van der Waals surface area contributed by atoms with Gasteiger partial charge in [0.15, 0.2) is 0 Å². The standard InChI is InChI=1S/C24H37F2N7O2/c1-31-19-10-28-23(32-11-29-16-3-2-12(9-27)6-18(16)32)30-22(19)33(24(31)35)17-4-5-20(34)21-14(17)7-13(25)8-15(21)26/h12-23,28-30,34H,2-8,10-11H2,1H3/t12?,13?,14?,15?,16?,17-,18?,19?,20-,21?,22?,23?/m0/s1. The van der Waals surface area contributed by atoms with Crippen LogP contribution in [0.5, 0.6) is 0 Å². The molecule has 4 N–H and O–H groups in total. The maximum atomic E-state index is 14.9. The molecule has 194 valence electrons. The number of likely N-dealkylation sites (N-methyl/N-ethyl adjacent to an activating group) is 1. The van der Waals surface area contributed by atoms with Crippen molar-refractivity contribution in [3.8, 4) is 6.07 Å². The normalized spacial score (nSPS) is 50.4. The van der Waals surface area contributed by atoms with E-state index >= 15 is 0 Å². The highest BCUT2D eigenvalue weighted by atomic mass is 19.1. The fraction of sp³-hybridized carbons (Fsp3) is 0.917. The van der Waals surface area contributed by atoms with Crippen LogP contribution in [0.1, 0.15) is 44.9 Å². The van der Waals surface area contributed by atoms with Gasteiger partial charge in [0.2, 0.25) is 0 Å². The third-order valence-electron chi connectivity index (χ3n) is 9.80. The zero-order valence-electron chi connectivity index (χ0n) is 20.2. The lowest BCUT2D eigenvalue weighted by Gasteiger charge is -2.51. The minimum Gasteiger partial charge on any atom is -0.393 e. The first-order chi connectivity index (χ1) is 16.9. The summed E-state index contributed by atoms with van der Waals surface area (Å²) in [6, 6.07) is 2.51. The predicted molar refractivity (Wildman–Crippen MR) is 123 cm³/mol. The Morgan fingerprint density at radius 2 is 1.89 bits per heavy atom. The molecule has 0 radical (unpaired) electrons. The van der Waals surface area contributed by atoms with E-state index in [0.29, 0.717) is 32.1 Å². The molecule has 6 rings (SSSR count). The highest BCUT2D eigenvalue weighted by Crippen LogP contribution is 2.46. The number of aliphatic hydroxyl groups is 1. The van der Waals surface area contributed by atoms with Crippen LogP contribution >= 0.6 is 0 Å². The third kappa shape index (κ3) is 3.84. The number of rotatable bonds is 2. The number of nitriles is 1. The molecule has 6 aliphatic rings. The first-order valence-corrected chi connectivity index (χ1v) is 13.3. The van der Waals surface area contributed by atoms with E-state index in [1.807, 2.05) is 4.90 Å². The molecular formula is C24H37F2N7O2. The highest BCUT2D eigenvalue weighted by Gasteiger charge is 2.57. The Kier molecular flexibility index (Phi) is 6.16. The molecule has 0 aromatic rings. The van der Waals surface area contributed by atoms with Crippen molar-refractivity contribution < 1.29 is 18.7 Å². The number of hydrogen-bond donors (Lipinski definition) is 4. The summed E-state index contributed by atoms with van der Waals surface area (Å²) in [6.45, 7) is 1.31. The molecule has 3 saturated carbocycles. The smallest absolute Gasteiger partial charge is 0.321 e. The number of fused-ring (bicyclic) bond motifs is 3. The molecule has 9 nitrogen and oxygen atoms in total. The van der Waals surface area contributed by atoms with Gasteiger partial charge in [0.05, 0.1) is 24.9 Å². The third-order valence-corrected chi connectivity index (χ3v) is 9.80. The average Bonchev–Trinajstić information content (AvgIpc) is 3.37. The van der Waals surface area contributed by atoms with E-state index in [9.17, 15) is 23.9 Å². The Bertz CT molecular complexity index is 875. The van der Waals surface area contributed by atoms with Gasteiger partial charge < -0.3 is 14.9 Å². The van der Waals surface area contributed by atoms with Gasteiger partial charge in [0.1, 0.15) is 24.8 Å². The summed E-state index contributed by atoms with van der Waals surface area (Å²) >= 11 is 0. The van der Waals surface area contributed by atoms with Gasteiger partial charge in [0.25, 0.3) is 0 Å². The van der Waals surface area contributed by atoms with Crippen molar-refractivity contribution in [2.75, 3.05) is 20.3 Å². The fourth-order valence-corrected chi connectivity index (χ4v) is 8.04. The average molecular weight is 494 g/mol. The molecule has 6 fully saturated rings. The number of carbonyl (C=O) groups excluding carboxylic acids is 1. The molecule has 10 unspecified atom stereocenters. The maximum absolute atomic E-state index is 14.9. The van der Waals surface area contributed by atoms with Gasteiger partial charge >= 0.3 is 6.03 Å². The lowest BCUT2D eigenvalue weighted by molar-refractivity contribution is -0.0917.